The number of carboxylic acid groups (broad SMARTS) is 1. The fourth-order valence-corrected chi connectivity index (χ4v) is 4.88. The van der Waals surface area contributed by atoms with E-state index in [0.717, 1.165) is 0 Å². The van der Waals surface area contributed by atoms with E-state index in [2.05, 4.69) is 21.1 Å². The SMILES string of the molecule is CC(C)(C)[C@@H]1C(n2c(=O)[nH]c3cnc(-c4cnn5ccc(C#N)cc45)nc32)CCN1C(=O)O. The third-order valence-electron chi connectivity index (χ3n) is 6.18. The first kappa shape index (κ1) is 20.7. The second-order valence-corrected chi connectivity index (χ2v) is 9.29. The molecule has 1 amide bonds. The van der Waals surface area contributed by atoms with Crippen LogP contribution < -0.4 is 5.69 Å². The van der Waals surface area contributed by atoms with Gasteiger partial charge in [0.05, 0.1) is 47.2 Å². The predicted molar refractivity (Wildman–Crippen MR) is 119 cm³/mol. The number of aromatic amines is 1. The van der Waals surface area contributed by atoms with Gasteiger partial charge in [0.25, 0.3) is 0 Å². The van der Waals surface area contributed by atoms with Gasteiger partial charge in [-0.05, 0) is 24.0 Å². The average molecular weight is 446 g/mol. The minimum atomic E-state index is -1.000. The molecule has 2 atom stereocenters. The number of amides is 1. The number of fused-ring (bicyclic) bond motifs is 2. The summed E-state index contributed by atoms with van der Waals surface area (Å²) in [6.45, 7) is 6.25. The molecular weight excluding hydrogens is 424 g/mol. The van der Waals surface area contributed by atoms with Gasteiger partial charge < -0.3 is 15.0 Å². The van der Waals surface area contributed by atoms with Gasteiger partial charge in [-0.15, -0.1) is 0 Å². The highest BCUT2D eigenvalue weighted by Gasteiger charge is 2.46. The van der Waals surface area contributed by atoms with Crippen molar-refractivity contribution in [1.29, 1.82) is 5.26 Å². The van der Waals surface area contributed by atoms with Gasteiger partial charge in [0.1, 0.15) is 5.52 Å². The van der Waals surface area contributed by atoms with Crippen molar-refractivity contribution in [1.82, 2.24) is 34.0 Å². The van der Waals surface area contributed by atoms with Crippen molar-refractivity contribution in [2.45, 2.75) is 39.3 Å². The maximum atomic E-state index is 13.0. The van der Waals surface area contributed by atoms with E-state index in [-0.39, 0.29) is 11.7 Å². The van der Waals surface area contributed by atoms with Crippen molar-refractivity contribution >= 4 is 22.8 Å². The zero-order valence-electron chi connectivity index (χ0n) is 18.3. The molecule has 1 aliphatic rings. The Balaban J connectivity index is 1.68. The van der Waals surface area contributed by atoms with Crippen LogP contribution in [0.4, 0.5) is 4.79 Å². The number of likely N-dealkylation sites (tertiary alicyclic amines) is 1. The Morgan fingerprint density at radius 1 is 1.33 bits per heavy atom. The van der Waals surface area contributed by atoms with Crippen molar-refractivity contribution in [2.24, 2.45) is 5.41 Å². The number of pyridine rings is 1. The zero-order valence-corrected chi connectivity index (χ0v) is 18.3. The molecule has 0 radical (unpaired) electrons. The molecule has 168 valence electrons. The van der Waals surface area contributed by atoms with Crippen LogP contribution in [0.5, 0.6) is 0 Å². The minimum Gasteiger partial charge on any atom is -0.465 e. The highest BCUT2D eigenvalue weighted by atomic mass is 16.4. The summed E-state index contributed by atoms with van der Waals surface area (Å²) in [4.78, 5) is 38.2. The molecule has 1 saturated heterocycles. The van der Waals surface area contributed by atoms with E-state index >= 15 is 0 Å². The average Bonchev–Trinajstić information content (AvgIpc) is 3.46. The molecule has 11 heteroatoms. The first-order valence-electron chi connectivity index (χ1n) is 10.5. The molecule has 0 aliphatic carbocycles. The van der Waals surface area contributed by atoms with Gasteiger partial charge in [0.15, 0.2) is 11.5 Å². The summed E-state index contributed by atoms with van der Waals surface area (Å²) in [6, 6.07) is 4.71. The smallest absolute Gasteiger partial charge is 0.407 e. The molecule has 2 N–H and O–H groups in total. The number of imidazole rings is 1. The maximum Gasteiger partial charge on any atom is 0.407 e. The lowest BCUT2D eigenvalue weighted by molar-refractivity contribution is 0.0926. The lowest BCUT2D eigenvalue weighted by Crippen LogP contribution is -2.47. The molecule has 1 unspecified atom stereocenters. The molecular formula is C22H22N8O3. The number of nitriles is 1. The zero-order chi connectivity index (χ0) is 23.5. The van der Waals surface area contributed by atoms with Crippen molar-refractivity contribution in [3.05, 3.63) is 46.8 Å². The normalized spacial score (nSPS) is 18.8. The fraction of sp³-hybridized carbons (Fsp3) is 0.364. The van der Waals surface area contributed by atoms with Gasteiger partial charge in [0.2, 0.25) is 0 Å². The maximum absolute atomic E-state index is 13.0. The standard InChI is InChI=1S/C22H22N8O3/c1-22(2,3)17-15(5-6-28(17)21(32)33)30-19-14(26-20(30)31)11-24-18(27-19)13-10-25-29-7-4-12(9-23)8-16(13)29/h4,7-8,10-11,15,17H,5-6H2,1-3H3,(H,26,31)(H,32,33)/t15?,17-/m0/s1. The highest BCUT2D eigenvalue weighted by molar-refractivity contribution is 5.80. The lowest BCUT2D eigenvalue weighted by Gasteiger charge is -2.37. The number of nitrogens with one attached hydrogen (secondary N) is 1. The van der Waals surface area contributed by atoms with Gasteiger partial charge in [0, 0.05) is 12.7 Å². The number of aromatic nitrogens is 6. The van der Waals surface area contributed by atoms with Gasteiger partial charge in [-0.25, -0.2) is 24.1 Å². The number of rotatable bonds is 2. The summed E-state index contributed by atoms with van der Waals surface area (Å²) in [6.07, 6.45) is 4.35. The third kappa shape index (κ3) is 3.22. The summed E-state index contributed by atoms with van der Waals surface area (Å²) in [5.41, 5.74) is 1.91. The van der Waals surface area contributed by atoms with Crippen LogP contribution in [0.15, 0.2) is 35.5 Å². The van der Waals surface area contributed by atoms with Crippen molar-refractivity contribution < 1.29 is 9.90 Å². The Bertz CT molecular complexity index is 1500. The van der Waals surface area contributed by atoms with E-state index in [1.54, 1.807) is 39.8 Å². The topological polar surface area (TPSA) is 145 Å². The number of hydrogen-bond acceptors (Lipinski definition) is 6. The van der Waals surface area contributed by atoms with Crippen LogP contribution in [0.2, 0.25) is 0 Å². The fourth-order valence-electron chi connectivity index (χ4n) is 4.88. The summed E-state index contributed by atoms with van der Waals surface area (Å²) in [5, 5.41) is 23.3. The van der Waals surface area contributed by atoms with Crippen molar-refractivity contribution in [3.63, 3.8) is 0 Å². The predicted octanol–water partition coefficient (Wildman–Crippen LogP) is 2.65. The number of carbonyl (C=O) groups is 1. The third-order valence-corrected chi connectivity index (χ3v) is 6.18. The van der Waals surface area contributed by atoms with Crippen LogP contribution in [0.25, 0.3) is 28.1 Å². The van der Waals surface area contributed by atoms with E-state index in [4.69, 9.17) is 4.98 Å². The van der Waals surface area contributed by atoms with Crippen LogP contribution in [0.1, 0.15) is 38.8 Å². The molecule has 11 nitrogen and oxygen atoms in total. The van der Waals surface area contributed by atoms with Crippen LogP contribution in [0, 0.1) is 16.7 Å². The minimum absolute atomic E-state index is 0.337. The Hall–Kier alpha value is -4.20. The Morgan fingerprint density at radius 2 is 2.12 bits per heavy atom. The number of hydrogen-bond donors (Lipinski definition) is 2. The van der Waals surface area contributed by atoms with E-state index in [9.17, 15) is 20.0 Å². The molecule has 0 saturated carbocycles. The first-order chi connectivity index (χ1) is 15.7. The number of nitrogens with zero attached hydrogens (tertiary/aromatic N) is 7. The Kier molecular flexibility index (Phi) is 4.49. The Morgan fingerprint density at radius 3 is 2.82 bits per heavy atom. The van der Waals surface area contributed by atoms with Crippen molar-refractivity contribution in [3.8, 4) is 17.5 Å². The molecule has 4 aromatic heterocycles. The molecule has 5 rings (SSSR count). The largest absolute Gasteiger partial charge is 0.465 e. The molecule has 1 fully saturated rings. The molecule has 33 heavy (non-hydrogen) atoms. The van der Waals surface area contributed by atoms with E-state index < -0.39 is 17.6 Å². The van der Waals surface area contributed by atoms with E-state index in [0.29, 0.717) is 46.6 Å². The second kappa shape index (κ2) is 7.16. The molecule has 4 aromatic rings. The van der Waals surface area contributed by atoms with Crippen LogP contribution in [0.3, 0.4) is 0 Å². The molecule has 1 aliphatic heterocycles. The Labute approximate surface area is 187 Å². The summed E-state index contributed by atoms with van der Waals surface area (Å²) in [5.74, 6) is 0.362. The van der Waals surface area contributed by atoms with Crippen LogP contribution in [-0.4, -0.2) is 57.8 Å². The molecule has 0 spiro atoms. The lowest BCUT2D eigenvalue weighted by atomic mass is 9.82. The number of H-pyrrole nitrogens is 1. The van der Waals surface area contributed by atoms with E-state index in [1.807, 2.05) is 20.8 Å². The quantitative estimate of drug-likeness (QED) is 0.481. The van der Waals surface area contributed by atoms with Crippen LogP contribution in [-0.2, 0) is 0 Å². The van der Waals surface area contributed by atoms with Gasteiger partial charge >= 0.3 is 11.8 Å². The summed E-state index contributed by atoms with van der Waals surface area (Å²) >= 11 is 0. The van der Waals surface area contributed by atoms with Crippen molar-refractivity contribution in [2.75, 3.05) is 6.54 Å². The molecule has 5 heterocycles. The summed E-state index contributed by atoms with van der Waals surface area (Å²) < 4.78 is 3.19. The summed E-state index contributed by atoms with van der Waals surface area (Å²) in [7, 11) is 0. The van der Waals surface area contributed by atoms with Gasteiger partial charge in [-0.3, -0.25) is 4.57 Å². The molecule has 0 bridgehead atoms. The van der Waals surface area contributed by atoms with Crippen LogP contribution >= 0.6 is 0 Å². The monoisotopic (exact) mass is 446 g/mol. The second-order valence-electron chi connectivity index (χ2n) is 9.29. The van der Waals surface area contributed by atoms with Gasteiger partial charge in [-0.1, -0.05) is 20.8 Å². The van der Waals surface area contributed by atoms with Gasteiger partial charge in [-0.2, -0.15) is 10.4 Å². The highest BCUT2D eigenvalue weighted by Crippen LogP contribution is 2.40. The van der Waals surface area contributed by atoms with E-state index in [1.165, 1.54) is 4.90 Å². The molecule has 0 aromatic carbocycles. The first-order valence-corrected chi connectivity index (χ1v) is 10.5.